The minimum absolute atomic E-state index is 0.143. The van der Waals surface area contributed by atoms with E-state index in [9.17, 15) is 4.79 Å². The van der Waals surface area contributed by atoms with Crippen LogP contribution in [0.15, 0.2) is 16.6 Å². The van der Waals surface area contributed by atoms with E-state index in [2.05, 4.69) is 42.8 Å². The number of hydrogen-bond donors (Lipinski definition) is 0. The summed E-state index contributed by atoms with van der Waals surface area (Å²) in [6.07, 6.45) is 4.87. The Hall–Kier alpha value is -0.830. The topological polar surface area (TPSA) is 26.3 Å². The minimum Gasteiger partial charge on any atom is -0.497 e. The zero-order valence-corrected chi connectivity index (χ0v) is 15.0. The first kappa shape index (κ1) is 16.5. The monoisotopic (exact) mass is 352 g/mol. The number of carbonyl (C=O) groups is 1. The summed E-state index contributed by atoms with van der Waals surface area (Å²) < 4.78 is 6.48. The molecule has 0 radical (unpaired) electrons. The Morgan fingerprint density at radius 2 is 2.10 bits per heavy atom. The van der Waals surface area contributed by atoms with Crippen LogP contribution in [-0.4, -0.2) is 12.9 Å². The molecule has 2 nitrogen and oxygen atoms in total. The third-order valence-electron chi connectivity index (χ3n) is 4.89. The number of halogens is 1. The lowest BCUT2D eigenvalue weighted by Gasteiger charge is -2.39. The normalized spacial score (nSPS) is 24.8. The van der Waals surface area contributed by atoms with Crippen LogP contribution >= 0.6 is 15.9 Å². The van der Waals surface area contributed by atoms with Gasteiger partial charge in [-0.05, 0) is 49.4 Å². The molecule has 0 heterocycles. The van der Waals surface area contributed by atoms with Crippen LogP contribution in [0.4, 0.5) is 0 Å². The predicted molar refractivity (Wildman–Crippen MR) is 90.1 cm³/mol. The summed E-state index contributed by atoms with van der Waals surface area (Å²) in [5.41, 5.74) is 2.08. The van der Waals surface area contributed by atoms with Crippen molar-refractivity contribution in [3.8, 4) is 5.75 Å². The second-order valence-corrected chi connectivity index (χ2v) is 7.10. The van der Waals surface area contributed by atoms with Crippen LogP contribution in [0.3, 0.4) is 0 Å². The standard InChI is InChI=1S/C18H25BrO2/c1-5-7-8-18(3)15-10-13(21-4)11-16(19)14(15)9-12(6-2)17(18)20/h10-12H,5-9H2,1-4H3. The van der Waals surface area contributed by atoms with Gasteiger partial charge in [-0.25, -0.2) is 0 Å². The van der Waals surface area contributed by atoms with Crippen LogP contribution in [0.1, 0.15) is 57.6 Å². The highest BCUT2D eigenvalue weighted by Gasteiger charge is 2.44. The van der Waals surface area contributed by atoms with Crippen molar-refractivity contribution < 1.29 is 9.53 Å². The fourth-order valence-electron chi connectivity index (χ4n) is 3.47. The highest BCUT2D eigenvalue weighted by atomic mass is 79.9. The lowest BCUT2D eigenvalue weighted by molar-refractivity contribution is -0.129. The first-order chi connectivity index (χ1) is 9.97. The van der Waals surface area contributed by atoms with E-state index >= 15 is 0 Å². The Morgan fingerprint density at radius 1 is 1.38 bits per heavy atom. The van der Waals surface area contributed by atoms with Crippen molar-refractivity contribution >= 4 is 21.7 Å². The maximum Gasteiger partial charge on any atom is 0.146 e. The van der Waals surface area contributed by atoms with E-state index in [0.717, 1.165) is 47.9 Å². The van der Waals surface area contributed by atoms with Crippen LogP contribution in [0.2, 0.25) is 0 Å². The van der Waals surface area contributed by atoms with Gasteiger partial charge < -0.3 is 4.74 Å². The molecular formula is C18H25BrO2. The number of unbranched alkanes of at least 4 members (excludes halogenated alkanes) is 1. The lowest BCUT2D eigenvalue weighted by Crippen LogP contribution is -2.43. The zero-order valence-electron chi connectivity index (χ0n) is 13.5. The summed E-state index contributed by atoms with van der Waals surface area (Å²) >= 11 is 3.68. The van der Waals surface area contributed by atoms with E-state index in [-0.39, 0.29) is 11.3 Å². The van der Waals surface area contributed by atoms with Crippen molar-refractivity contribution in [2.75, 3.05) is 7.11 Å². The van der Waals surface area contributed by atoms with Gasteiger partial charge >= 0.3 is 0 Å². The molecule has 0 N–H and O–H groups in total. The molecule has 2 atom stereocenters. The van der Waals surface area contributed by atoms with E-state index in [0.29, 0.717) is 5.78 Å². The average molecular weight is 353 g/mol. The van der Waals surface area contributed by atoms with Crippen LogP contribution in [-0.2, 0) is 16.6 Å². The van der Waals surface area contributed by atoms with Crippen LogP contribution < -0.4 is 4.74 Å². The fraction of sp³-hybridized carbons (Fsp3) is 0.611. The molecule has 0 spiro atoms. The average Bonchev–Trinajstić information content (AvgIpc) is 2.49. The molecule has 0 amide bonds. The van der Waals surface area contributed by atoms with Gasteiger partial charge in [0.25, 0.3) is 0 Å². The molecule has 0 saturated carbocycles. The number of methoxy groups -OCH3 is 1. The van der Waals surface area contributed by atoms with Crippen molar-refractivity contribution in [1.29, 1.82) is 0 Å². The maximum atomic E-state index is 13.0. The summed E-state index contributed by atoms with van der Waals surface area (Å²) in [6, 6.07) is 4.08. The van der Waals surface area contributed by atoms with Crippen LogP contribution in [0, 0.1) is 5.92 Å². The molecule has 0 bridgehead atoms. The van der Waals surface area contributed by atoms with E-state index in [1.807, 2.05) is 6.07 Å². The van der Waals surface area contributed by atoms with Crippen molar-refractivity contribution in [3.63, 3.8) is 0 Å². The number of hydrogen-bond acceptors (Lipinski definition) is 2. The molecule has 2 unspecified atom stereocenters. The molecule has 0 saturated heterocycles. The molecular weight excluding hydrogens is 328 g/mol. The summed E-state index contributed by atoms with van der Waals surface area (Å²) in [6.45, 7) is 6.42. The predicted octanol–water partition coefficient (Wildman–Crippen LogP) is 5.06. The zero-order chi connectivity index (χ0) is 15.6. The highest BCUT2D eigenvalue weighted by molar-refractivity contribution is 9.10. The summed E-state index contributed by atoms with van der Waals surface area (Å²) in [5, 5.41) is 0. The van der Waals surface area contributed by atoms with E-state index < -0.39 is 0 Å². The SMILES string of the molecule is CCCCC1(C)C(=O)C(CC)Cc2c(Br)cc(OC)cc21. The van der Waals surface area contributed by atoms with Gasteiger partial charge in [0.2, 0.25) is 0 Å². The smallest absolute Gasteiger partial charge is 0.146 e. The number of rotatable bonds is 5. The van der Waals surface area contributed by atoms with Gasteiger partial charge in [-0.3, -0.25) is 4.79 Å². The van der Waals surface area contributed by atoms with Gasteiger partial charge in [-0.2, -0.15) is 0 Å². The molecule has 1 aliphatic rings. The third kappa shape index (κ3) is 2.90. The summed E-state index contributed by atoms with van der Waals surface area (Å²) in [5.74, 6) is 1.38. The van der Waals surface area contributed by atoms with E-state index in [4.69, 9.17) is 4.74 Å². The molecule has 1 aromatic rings. The van der Waals surface area contributed by atoms with Gasteiger partial charge in [0, 0.05) is 10.4 Å². The molecule has 116 valence electrons. The number of ketones is 1. The van der Waals surface area contributed by atoms with Crippen LogP contribution in [0.5, 0.6) is 5.75 Å². The van der Waals surface area contributed by atoms with Crippen molar-refractivity contribution in [1.82, 2.24) is 0 Å². The number of ether oxygens (including phenoxy) is 1. The molecule has 3 heteroatoms. The Labute approximate surface area is 136 Å². The van der Waals surface area contributed by atoms with E-state index in [1.165, 1.54) is 5.56 Å². The third-order valence-corrected chi connectivity index (χ3v) is 5.59. The van der Waals surface area contributed by atoms with Gasteiger partial charge in [-0.1, -0.05) is 42.6 Å². The van der Waals surface area contributed by atoms with Gasteiger partial charge in [-0.15, -0.1) is 0 Å². The number of carbonyl (C=O) groups excluding carboxylic acids is 1. The summed E-state index contributed by atoms with van der Waals surface area (Å²) in [4.78, 5) is 13.0. The molecule has 0 fully saturated rings. The summed E-state index contributed by atoms with van der Waals surface area (Å²) in [7, 11) is 1.68. The van der Waals surface area contributed by atoms with Crippen molar-refractivity contribution in [2.45, 2.75) is 58.3 Å². The van der Waals surface area contributed by atoms with Crippen LogP contribution in [0.25, 0.3) is 0 Å². The number of fused-ring (bicyclic) bond motifs is 1. The minimum atomic E-state index is -0.374. The number of benzene rings is 1. The fourth-order valence-corrected chi connectivity index (χ4v) is 4.07. The molecule has 0 aromatic heterocycles. The molecule has 0 aliphatic heterocycles. The molecule has 21 heavy (non-hydrogen) atoms. The highest BCUT2D eigenvalue weighted by Crippen LogP contribution is 2.45. The molecule has 1 aromatic carbocycles. The van der Waals surface area contributed by atoms with Gasteiger partial charge in [0.05, 0.1) is 12.5 Å². The quantitative estimate of drug-likeness (QED) is 0.740. The molecule has 2 rings (SSSR count). The van der Waals surface area contributed by atoms with Gasteiger partial charge in [0.15, 0.2) is 0 Å². The first-order valence-corrected chi connectivity index (χ1v) is 8.68. The second kappa shape index (κ2) is 6.51. The largest absolute Gasteiger partial charge is 0.497 e. The van der Waals surface area contributed by atoms with Crippen molar-refractivity contribution in [3.05, 3.63) is 27.7 Å². The Balaban J connectivity index is 2.59. The maximum absolute atomic E-state index is 13.0. The Bertz CT molecular complexity index is 538. The van der Waals surface area contributed by atoms with Gasteiger partial charge in [0.1, 0.15) is 11.5 Å². The van der Waals surface area contributed by atoms with Crippen molar-refractivity contribution in [2.24, 2.45) is 5.92 Å². The lowest BCUT2D eigenvalue weighted by atomic mass is 9.63. The Kier molecular flexibility index (Phi) is 5.13. The first-order valence-electron chi connectivity index (χ1n) is 7.89. The number of Topliss-reactive ketones (excluding diaryl/α,β-unsaturated/α-hetero) is 1. The molecule has 1 aliphatic carbocycles. The van der Waals surface area contributed by atoms with E-state index in [1.54, 1.807) is 7.11 Å². The Morgan fingerprint density at radius 3 is 2.67 bits per heavy atom. The second-order valence-electron chi connectivity index (χ2n) is 6.24.